The van der Waals surface area contributed by atoms with E-state index in [9.17, 15) is 14.7 Å². The number of amides is 1. The first-order chi connectivity index (χ1) is 19.3. The Labute approximate surface area is 246 Å². The van der Waals surface area contributed by atoms with Crippen molar-refractivity contribution in [2.75, 3.05) is 20.6 Å². The Morgan fingerprint density at radius 1 is 1.15 bits per heavy atom. The highest BCUT2D eigenvalue weighted by Gasteiger charge is 2.19. The summed E-state index contributed by atoms with van der Waals surface area (Å²) in [6.07, 6.45) is 2.12. The van der Waals surface area contributed by atoms with Crippen molar-refractivity contribution in [3.8, 4) is 22.8 Å². The molecule has 1 heterocycles. The zero-order chi connectivity index (χ0) is 30.2. The number of aliphatic carboxylic acids is 1. The predicted molar refractivity (Wildman–Crippen MR) is 159 cm³/mol. The van der Waals surface area contributed by atoms with Gasteiger partial charge >= 0.3 is 12.1 Å². The number of rotatable bonds is 13. The molecule has 0 spiro atoms. The van der Waals surface area contributed by atoms with Crippen LogP contribution in [0.15, 0.2) is 48.7 Å². The molecule has 222 valence electrons. The molecule has 0 radical (unpaired) electrons. The Morgan fingerprint density at radius 2 is 1.85 bits per heavy atom. The summed E-state index contributed by atoms with van der Waals surface area (Å²) < 4.78 is 13.4. The van der Waals surface area contributed by atoms with Crippen molar-refractivity contribution in [3.05, 3.63) is 65.1 Å². The molecule has 0 saturated carbocycles. The number of nitrogens with one attached hydrogen (secondary N) is 2. The van der Waals surface area contributed by atoms with Crippen LogP contribution in [-0.4, -0.2) is 63.9 Å². The second-order valence-corrected chi connectivity index (χ2v) is 11.5. The van der Waals surface area contributed by atoms with Gasteiger partial charge in [0.2, 0.25) is 0 Å². The minimum absolute atomic E-state index is 0.255. The summed E-state index contributed by atoms with van der Waals surface area (Å²) >= 11 is 6.25. The summed E-state index contributed by atoms with van der Waals surface area (Å²) in [5.74, 6) is 1.15. The molecule has 0 aliphatic carbocycles. The van der Waals surface area contributed by atoms with E-state index < -0.39 is 23.7 Å². The Kier molecular flexibility index (Phi) is 11.2. The van der Waals surface area contributed by atoms with Crippen LogP contribution in [0.4, 0.5) is 4.79 Å². The SMILES string of the molecule is CN(C)Cc1ncc(-c2ccc(Oc3cc(Cl)ccc3CNC(CCCNC(=O)OC(C)(C)C)C(=O)O)cc2)n1C. The maximum absolute atomic E-state index is 11.9. The van der Waals surface area contributed by atoms with Crippen LogP contribution in [0, 0.1) is 0 Å². The van der Waals surface area contributed by atoms with Gasteiger partial charge in [-0.05, 0) is 84.1 Å². The van der Waals surface area contributed by atoms with E-state index in [1.165, 1.54) is 0 Å². The largest absolute Gasteiger partial charge is 0.480 e. The lowest BCUT2D eigenvalue weighted by Crippen LogP contribution is -2.37. The van der Waals surface area contributed by atoms with E-state index in [1.54, 1.807) is 32.9 Å². The van der Waals surface area contributed by atoms with Gasteiger partial charge in [0.15, 0.2) is 0 Å². The van der Waals surface area contributed by atoms with Crippen LogP contribution in [0.1, 0.15) is 45.0 Å². The number of carbonyl (C=O) groups excluding carboxylic acids is 1. The highest BCUT2D eigenvalue weighted by molar-refractivity contribution is 6.30. The quantitative estimate of drug-likeness (QED) is 0.227. The molecule has 0 fully saturated rings. The van der Waals surface area contributed by atoms with Crippen LogP contribution in [-0.2, 0) is 29.7 Å². The van der Waals surface area contributed by atoms with E-state index in [-0.39, 0.29) is 6.54 Å². The molecule has 1 unspecified atom stereocenters. The maximum atomic E-state index is 11.9. The smallest absolute Gasteiger partial charge is 0.407 e. The van der Waals surface area contributed by atoms with Gasteiger partial charge in [-0.15, -0.1) is 0 Å². The highest BCUT2D eigenvalue weighted by atomic mass is 35.5. The number of alkyl carbamates (subject to hydrolysis) is 1. The van der Waals surface area contributed by atoms with E-state index in [2.05, 4.69) is 25.1 Å². The van der Waals surface area contributed by atoms with Crippen molar-refractivity contribution in [1.82, 2.24) is 25.1 Å². The number of benzene rings is 2. The third-order valence-electron chi connectivity index (χ3n) is 6.12. The zero-order valence-corrected chi connectivity index (χ0v) is 25.3. The van der Waals surface area contributed by atoms with Gasteiger partial charge in [-0.3, -0.25) is 4.79 Å². The standard InChI is InChI=1S/C30H40ClN5O5/c1-30(2,3)41-29(39)32-15-7-8-24(28(37)38)33-17-21-9-12-22(31)16-26(21)40-23-13-10-20(11-14-23)25-18-34-27(36(25)6)19-35(4)5/h9-14,16,18,24,33H,7-8,15,17,19H2,1-6H3,(H,32,39)(H,37,38). The van der Waals surface area contributed by atoms with Crippen LogP contribution in [0.5, 0.6) is 11.5 Å². The van der Waals surface area contributed by atoms with Crippen molar-refractivity contribution >= 4 is 23.7 Å². The third kappa shape index (κ3) is 10.1. The lowest BCUT2D eigenvalue weighted by molar-refractivity contribution is -0.139. The van der Waals surface area contributed by atoms with E-state index in [1.807, 2.05) is 57.7 Å². The van der Waals surface area contributed by atoms with E-state index in [4.69, 9.17) is 21.1 Å². The van der Waals surface area contributed by atoms with Crippen LogP contribution >= 0.6 is 11.6 Å². The Morgan fingerprint density at radius 3 is 2.49 bits per heavy atom. The molecule has 2 aromatic carbocycles. The number of imidazole rings is 1. The normalized spacial score (nSPS) is 12.3. The zero-order valence-electron chi connectivity index (χ0n) is 24.5. The topological polar surface area (TPSA) is 118 Å². The molecule has 41 heavy (non-hydrogen) atoms. The van der Waals surface area contributed by atoms with Crippen molar-refractivity contribution in [2.24, 2.45) is 7.05 Å². The van der Waals surface area contributed by atoms with Gasteiger partial charge in [0.05, 0.1) is 18.4 Å². The number of aromatic nitrogens is 2. The molecule has 10 nitrogen and oxygen atoms in total. The first kappa shape index (κ1) is 31.9. The highest BCUT2D eigenvalue weighted by Crippen LogP contribution is 2.30. The van der Waals surface area contributed by atoms with E-state index in [0.717, 1.165) is 29.2 Å². The summed E-state index contributed by atoms with van der Waals surface area (Å²) in [7, 11) is 6.02. The van der Waals surface area contributed by atoms with Crippen LogP contribution in [0.2, 0.25) is 5.02 Å². The molecule has 0 bridgehead atoms. The maximum Gasteiger partial charge on any atom is 0.407 e. The molecular weight excluding hydrogens is 546 g/mol. The van der Waals surface area contributed by atoms with Gasteiger partial charge < -0.3 is 34.7 Å². The molecule has 0 aliphatic heterocycles. The number of hydrogen-bond donors (Lipinski definition) is 3. The second-order valence-electron chi connectivity index (χ2n) is 11.1. The minimum atomic E-state index is -0.974. The lowest BCUT2D eigenvalue weighted by atomic mass is 10.1. The monoisotopic (exact) mass is 585 g/mol. The Bertz CT molecular complexity index is 1320. The number of nitrogens with zero attached hydrogens (tertiary/aromatic N) is 3. The van der Waals surface area contributed by atoms with Crippen LogP contribution in [0.3, 0.4) is 0 Å². The Hall–Kier alpha value is -3.60. The van der Waals surface area contributed by atoms with Crippen LogP contribution in [0.25, 0.3) is 11.3 Å². The number of halogens is 1. The van der Waals surface area contributed by atoms with Crippen molar-refractivity contribution < 1.29 is 24.2 Å². The molecule has 3 rings (SSSR count). The fourth-order valence-electron chi connectivity index (χ4n) is 4.09. The summed E-state index contributed by atoms with van der Waals surface area (Å²) in [5, 5.41) is 15.9. The van der Waals surface area contributed by atoms with Crippen molar-refractivity contribution in [1.29, 1.82) is 0 Å². The average Bonchev–Trinajstić information content (AvgIpc) is 3.23. The fraction of sp³-hybridized carbons (Fsp3) is 0.433. The number of carboxylic acids is 1. The van der Waals surface area contributed by atoms with Gasteiger partial charge in [-0.25, -0.2) is 9.78 Å². The summed E-state index contributed by atoms with van der Waals surface area (Å²) in [4.78, 5) is 30.3. The molecule has 11 heteroatoms. The molecule has 3 aromatic rings. The number of hydrogen-bond acceptors (Lipinski definition) is 7. The van der Waals surface area contributed by atoms with Gasteiger partial charge in [0.1, 0.15) is 29.0 Å². The van der Waals surface area contributed by atoms with Gasteiger partial charge in [-0.1, -0.05) is 17.7 Å². The third-order valence-corrected chi connectivity index (χ3v) is 6.36. The minimum Gasteiger partial charge on any atom is -0.480 e. The molecule has 1 atom stereocenters. The van der Waals surface area contributed by atoms with E-state index in [0.29, 0.717) is 35.9 Å². The first-order valence-electron chi connectivity index (χ1n) is 13.5. The molecule has 1 amide bonds. The predicted octanol–water partition coefficient (Wildman–Crippen LogP) is 5.44. The second kappa shape index (κ2) is 14.3. The summed E-state index contributed by atoms with van der Waals surface area (Å²) in [5.41, 5.74) is 2.18. The summed E-state index contributed by atoms with van der Waals surface area (Å²) in [6, 6.07) is 12.1. The van der Waals surface area contributed by atoms with Gasteiger partial charge in [-0.2, -0.15) is 0 Å². The Balaban J connectivity index is 1.61. The first-order valence-corrected chi connectivity index (χ1v) is 13.9. The van der Waals surface area contributed by atoms with E-state index >= 15 is 0 Å². The molecule has 0 aliphatic rings. The number of carbonyl (C=O) groups is 2. The lowest BCUT2D eigenvalue weighted by Gasteiger charge is -2.20. The molecule has 0 saturated heterocycles. The molecular formula is C30H40ClN5O5. The summed E-state index contributed by atoms with van der Waals surface area (Å²) in [6.45, 7) is 6.65. The average molecular weight is 586 g/mol. The van der Waals surface area contributed by atoms with Crippen LogP contribution < -0.4 is 15.4 Å². The van der Waals surface area contributed by atoms with Crippen molar-refractivity contribution in [3.63, 3.8) is 0 Å². The molecule has 3 N–H and O–H groups in total. The molecule has 1 aromatic heterocycles. The fourth-order valence-corrected chi connectivity index (χ4v) is 4.25. The van der Waals surface area contributed by atoms with Crippen molar-refractivity contribution in [2.45, 2.75) is 58.3 Å². The van der Waals surface area contributed by atoms with Gasteiger partial charge in [0, 0.05) is 36.3 Å². The number of ether oxygens (including phenoxy) is 2. The number of carboxylic acid groups (broad SMARTS) is 1. The van der Waals surface area contributed by atoms with Gasteiger partial charge in [0.25, 0.3) is 0 Å².